The molecule has 38 heavy (non-hydrogen) atoms. The van der Waals surface area contributed by atoms with Gasteiger partial charge in [-0.15, -0.1) is 34.0 Å². The van der Waals surface area contributed by atoms with Gasteiger partial charge in [0.1, 0.15) is 26.6 Å². The molecule has 4 rings (SSSR count). The maximum atomic E-state index is 13.0. The molecule has 5 atom stereocenters. The smallest absolute Gasteiger partial charge is 0.355 e. The maximum absolute atomic E-state index is 13.0. The first-order valence-electron chi connectivity index (χ1n) is 11.3. The van der Waals surface area contributed by atoms with E-state index in [9.17, 15) is 29.7 Å². The monoisotopic (exact) mass is 579 g/mol. The number of nitrogens with two attached hydrogens (primary N) is 2. The minimum Gasteiger partial charge on any atom is -0.476 e. The van der Waals surface area contributed by atoms with Gasteiger partial charge in [-0.1, -0.05) is 0 Å². The minimum atomic E-state index is -1.32. The number of aromatic carboxylic acids is 2. The summed E-state index contributed by atoms with van der Waals surface area (Å²) in [5.74, 6) is -2.89. The van der Waals surface area contributed by atoms with E-state index in [4.69, 9.17) is 16.5 Å². The second-order valence-electron chi connectivity index (χ2n) is 8.79. The van der Waals surface area contributed by atoms with Crippen LogP contribution in [-0.4, -0.2) is 66.0 Å². The van der Waals surface area contributed by atoms with Crippen LogP contribution in [0.3, 0.4) is 0 Å². The zero-order chi connectivity index (χ0) is 27.8. The number of carbonyl (C=O) groups is 3. The van der Waals surface area contributed by atoms with Gasteiger partial charge in [-0.05, 0) is 26.7 Å². The van der Waals surface area contributed by atoms with Gasteiger partial charge in [0.05, 0.1) is 29.6 Å². The first-order chi connectivity index (χ1) is 17.9. The summed E-state index contributed by atoms with van der Waals surface area (Å²) in [7, 11) is 0. The molecule has 16 heteroatoms. The molecule has 8 N–H and O–H groups in total. The highest BCUT2D eigenvalue weighted by Gasteiger charge is 2.49. The van der Waals surface area contributed by atoms with E-state index in [1.165, 1.54) is 29.0 Å². The van der Waals surface area contributed by atoms with Crippen LogP contribution in [0.2, 0.25) is 0 Å². The van der Waals surface area contributed by atoms with Gasteiger partial charge in [0.25, 0.3) is 0 Å². The van der Waals surface area contributed by atoms with Crippen LogP contribution in [0.1, 0.15) is 80.5 Å². The molecule has 0 aliphatic carbocycles. The Morgan fingerprint density at radius 1 is 1.03 bits per heavy atom. The number of hydrogen-bond acceptors (Lipinski definition) is 13. The lowest BCUT2D eigenvalue weighted by Crippen LogP contribution is -2.55. The van der Waals surface area contributed by atoms with Crippen LogP contribution in [0.25, 0.3) is 0 Å². The largest absolute Gasteiger partial charge is 0.476 e. The number of nitrogens with zero attached hydrogens (tertiary/aromatic N) is 4. The molecular weight excluding hydrogens is 554 g/mol. The van der Waals surface area contributed by atoms with Crippen LogP contribution in [0.15, 0.2) is 21.1 Å². The lowest BCUT2D eigenvalue weighted by molar-refractivity contribution is -0.124. The van der Waals surface area contributed by atoms with Gasteiger partial charge in [0.2, 0.25) is 5.91 Å². The Morgan fingerprint density at radius 3 is 2.26 bits per heavy atom. The molecular formula is C22H25N7O6S3. The summed E-state index contributed by atoms with van der Waals surface area (Å²) in [6.07, 6.45) is -0.378. The summed E-state index contributed by atoms with van der Waals surface area (Å²) in [4.78, 5) is 54.0. The predicted octanol–water partition coefficient (Wildman–Crippen LogP) is 1.52. The molecule has 0 fully saturated rings. The second-order valence-corrected chi connectivity index (χ2v) is 11.4. The number of aliphatic hydroxyl groups is 1. The SMILES string of the molecule is C[C@H](N)C(=O)N[C@]1(c2nc(C(=O)O)cs2)CCC(c2nc(C(=O)O)cs2)=N[C@@H]1c1csc([C@H](N)[C@@H](C)O)n1. The van der Waals surface area contributed by atoms with E-state index in [-0.39, 0.29) is 24.2 Å². The van der Waals surface area contributed by atoms with E-state index < -0.39 is 47.6 Å². The van der Waals surface area contributed by atoms with Crippen molar-refractivity contribution >= 4 is 57.6 Å². The van der Waals surface area contributed by atoms with Crippen LogP contribution >= 0.6 is 34.0 Å². The highest BCUT2D eigenvalue weighted by atomic mass is 32.1. The Morgan fingerprint density at radius 2 is 1.68 bits per heavy atom. The molecule has 202 valence electrons. The molecule has 0 spiro atoms. The third-order valence-corrected chi connectivity index (χ3v) is 8.84. The average molecular weight is 580 g/mol. The molecule has 0 bridgehead atoms. The topological polar surface area (TPSA) is 227 Å². The summed E-state index contributed by atoms with van der Waals surface area (Å²) >= 11 is 3.40. The van der Waals surface area contributed by atoms with Gasteiger partial charge in [-0.2, -0.15) is 0 Å². The van der Waals surface area contributed by atoms with Crippen molar-refractivity contribution < 1.29 is 29.7 Å². The van der Waals surface area contributed by atoms with E-state index in [0.717, 1.165) is 22.7 Å². The number of carboxylic acids is 2. The Hall–Kier alpha value is -3.15. The number of nitrogens with one attached hydrogen (secondary N) is 1. The van der Waals surface area contributed by atoms with Crippen molar-refractivity contribution in [2.75, 3.05) is 0 Å². The van der Waals surface area contributed by atoms with Gasteiger partial charge in [-0.3, -0.25) is 9.79 Å². The number of aliphatic imine (C=N–C) groups is 1. The van der Waals surface area contributed by atoms with Gasteiger partial charge < -0.3 is 32.1 Å². The lowest BCUT2D eigenvalue weighted by Gasteiger charge is -2.41. The number of carboxylic acid groups (broad SMARTS) is 2. The van der Waals surface area contributed by atoms with Crippen LogP contribution in [-0.2, 0) is 10.3 Å². The molecule has 0 saturated carbocycles. The number of amides is 1. The van der Waals surface area contributed by atoms with Gasteiger partial charge in [0, 0.05) is 16.1 Å². The Bertz CT molecular complexity index is 1400. The Kier molecular flexibility index (Phi) is 8.01. The van der Waals surface area contributed by atoms with E-state index >= 15 is 0 Å². The van der Waals surface area contributed by atoms with E-state index in [2.05, 4.69) is 20.3 Å². The quantitative estimate of drug-likeness (QED) is 0.213. The Balaban J connectivity index is 1.90. The van der Waals surface area contributed by atoms with Crippen LogP contribution in [0, 0.1) is 0 Å². The number of hydrogen-bond donors (Lipinski definition) is 6. The van der Waals surface area contributed by atoms with E-state index in [1.54, 1.807) is 12.3 Å². The third kappa shape index (κ3) is 5.36. The van der Waals surface area contributed by atoms with Crippen molar-refractivity contribution in [2.45, 2.75) is 56.5 Å². The highest BCUT2D eigenvalue weighted by Crippen LogP contribution is 2.47. The average Bonchev–Trinajstić information content (AvgIpc) is 3.64. The fourth-order valence-corrected chi connectivity index (χ4v) is 6.63. The number of rotatable bonds is 9. The number of carbonyl (C=O) groups excluding carboxylic acids is 1. The molecule has 3 aromatic heterocycles. The zero-order valence-corrected chi connectivity index (χ0v) is 22.6. The molecule has 0 unspecified atom stereocenters. The first kappa shape index (κ1) is 27.9. The normalized spacial score (nSPS) is 21.8. The first-order valence-corrected chi connectivity index (χ1v) is 14.0. The van der Waals surface area contributed by atoms with Gasteiger partial charge in [-0.25, -0.2) is 24.5 Å². The van der Waals surface area contributed by atoms with Crippen molar-refractivity contribution in [3.05, 3.63) is 48.2 Å². The molecule has 0 radical (unpaired) electrons. The summed E-state index contributed by atoms with van der Waals surface area (Å²) in [6, 6.07) is -2.56. The fraction of sp³-hybridized carbons (Fsp3) is 0.409. The van der Waals surface area contributed by atoms with Crippen molar-refractivity contribution in [1.29, 1.82) is 0 Å². The van der Waals surface area contributed by atoms with E-state index in [1.807, 2.05) is 0 Å². The van der Waals surface area contributed by atoms with Crippen LogP contribution < -0.4 is 16.8 Å². The third-order valence-electron chi connectivity index (χ3n) is 5.97. The molecule has 1 aliphatic heterocycles. The van der Waals surface area contributed by atoms with E-state index in [0.29, 0.717) is 26.4 Å². The lowest BCUT2D eigenvalue weighted by atomic mass is 9.80. The van der Waals surface area contributed by atoms with Crippen molar-refractivity contribution in [2.24, 2.45) is 16.5 Å². The molecule has 1 amide bonds. The Labute approximate surface area is 228 Å². The minimum absolute atomic E-state index is 0.115. The van der Waals surface area contributed by atoms with Gasteiger partial charge >= 0.3 is 11.9 Å². The standard InChI is InChI=1S/C22H25N7O6S3/c1-8(23)16(31)29-22(21-28-13(7-38-21)20(34)35)4-3-10(17-27-12(6-36-17)19(32)33)25-15(22)11-5-37-18(26-11)14(24)9(2)30/h5-9,14-15,30H,3-4,23-24H2,1-2H3,(H,29,31)(H,32,33)(H,34,35)/t8-,9+,14+,15+,22+/m0/s1. The molecule has 4 heterocycles. The van der Waals surface area contributed by atoms with Gasteiger partial charge in [0.15, 0.2) is 11.4 Å². The predicted molar refractivity (Wildman–Crippen MR) is 141 cm³/mol. The highest BCUT2D eigenvalue weighted by molar-refractivity contribution is 7.12. The summed E-state index contributed by atoms with van der Waals surface area (Å²) in [5, 5.41) is 37.4. The molecule has 3 aromatic rings. The van der Waals surface area contributed by atoms with Crippen molar-refractivity contribution in [1.82, 2.24) is 20.3 Å². The second kappa shape index (κ2) is 10.9. The molecule has 13 nitrogen and oxygen atoms in total. The molecule has 1 aliphatic rings. The molecule has 0 saturated heterocycles. The maximum Gasteiger partial charge on any atom is 0.355 e. The summed E-state index contributed by atoms with van der Waals surface area (Å²) in [5.41, 5.74) is 11.3. The van der Waals surface area contributed by atoms with Crippen molar-refractivity contribution in [3.63, 3.8) is 0 Å². The summed E-state index contributed by atoms with van der Waals surface area (Å²) in [6.45, 7) is 3.06. The fourth-order valence-electron chi connectivity index (χ4n) is 3.87. The zero-order valence-electron chi connectivity index (χ0n) is 20.2. The summed E-state index contributed by atoms with van der Waals surface area (Å²) < 4.78 is 0. The number of thiazole rings is 3. The van der Waals surface area contributed by atoms with Crippen LogP contribution in [0.5, 0.6) is 0 Å². The molecule has 0 aromatic carbocycles. The van der Waals surface area contributed by atoms with Crippen molar-refractivity contribution in [3.8, 4) is 0 Å². The van der Waals surface area contributed by atoms with Crippen LogP contribution in [0.4, 0.5) is 0 Å². The number of aromatic nitrogens is 3. The number of aliphatic hydroxyl groups excluding tert-OH is 1.